The van der Waals surface area contributed by atoms with Crippen LogP contribution >= 0.6 is 7.82 Å². The van der Waals surface area contributed by atoms with Gasteiger partial charge in [-0.05, 0) is 6.42 Å². The van der Waals surface area contributed by atoms with E-state index in [0.29, 0.717) is 6.42 Å². The first kappa shape index (κ1) is 12.8. The zero-order valence-corrected chi connectivity index (χ0v) is 8.42. The number of Topliss-reactive ketones (excluding diaryl/α,β-unsaturated/α-hetero) is 1. The third kappa shape index (κ3) is 9.70. The van der Waals surface area contributed by atoms with Crippen LogP contribution in [0.15, 0.2) is 0 Å². The van der Waals surface area contributed by atoms with Crippen LogP contribution in [0.5, 0.6) is 0 Å². The average molecular weight is 208 g/mol. The van der Waals surface area contributed by atoms with Gasteiger partial charge in [0.2, 0.25) is 0 Å². The molecule has 78 valence electrons. The minimum absolute atomic E-state index is 0.272. The Morgan fingerprint density at radius 1 is 1.38 bits per heavy atom. The first-order chi connectivity index (χ1) is 5.95. The minimum Gasteiger partial charge on any atom is -0.790 e. The molecule has 0 aromatic carbocycles. The summed E-state index contributed by atoms with van der Waals surface area (Å²) in [4.78, 5) is 30.8. The summed E-state index contributed by atoms with van der Waals surface area (Å²) in [5.41, 5.74) is 0. The van der Waals surface area contributed by atoms with Gasteiger partial charge in [-0.2, -0.15) is 0 Å². The third-order valence-corrected chi connectivity index (χ3v) is 1.89. The molecular formula is C7H13O5P-2. The zero-order valence-electron chi connectivity index (χ0n) is 7.52. The van der Waals surface area contributed by atoms with Crippen LogP contribution in [0.3, 0.4) is 0 Å². The fourth-order valence-electron chi connectivity index (χ4n) is 0.795. The van der Waals surface area contributed by atoms with Crippen LogP contribution in [-0.2, 0) is 13.9 Å². The molecule has 0 atom stereocenters. The maximum atomic E-state index is 10.8. The number of carbonyl (C=O) groups excluding carboxylic acids is 1. The highest BCUT2D eigenvalue weighted by atomic mass is 31.2. The number of unbranched alkanes of at least 4 members (excludes halogenated alkanes) is 2. The SMILES string of the molecule is CCCCCC(=O)COP(=O)([O-])[O-]. The van der Waals surface area contributed by atoms with Crippen molar-refractivity contribution in [3.63, 3.8) is 0 Å². The zero-order chi connectivity index (χ0) is 10.3. The van der Waals surface area contributed by atoms with Crippen molar-refractivity contribution in [3.05, 3.63) is 0 Å². The van der Waals surface area contributed by atoms with Gasteiger partial charge < -0.3 is 18.9 Å². The molecule has 0 rings (SSSR count). The van der Waals surface area contributed by atoms with Crippen LogP contribution in [0.25, 0.3) is 0 Å². The molecule has 6 heteroatoms. The molecule has 0 spiro atoms. The highest BCUT2D eigenvalue weighted by Gasteiger charge is 2.02. The van der Waals surface area contributed by atoms with Crippen LogP contribution in [0.2, 0.25) is 0 Å². The number of hydrogen-bond donors (Lipinski definition) is 0. The largest absolute Gasteiger partial charge is 0.790 e. The maximum absolute atomic E-state index is 10.8. The first-order valence-corrected chi connectivity index (χ1v) is 5.60. The van der Waals surface area contributed by atoms with E-state index in [2.05, 4.69) is 4.52 Å². The number of phosphoric acid groups is 1. The second kappa shape index (κ2) is 6.27. The summed E-state index contributed by atoms with van der Waals surface area (Å²) >= 11 is 0. The lowest BCUT2D eigenvalue weighted by Gasteiger charge is -2.27. The van der Waals surface area contributed by atoms with Gasteiger partial charge in [-0.3, -0.25) is 4.79 Å². The molecule has 0 unspecified atom stereocenters. The molecule has 0 aliphatic rings. The summed E-state index contributed by atoms with van der Waals surface area (Å²) in [6.45, 7) is 1.37. The third-order valence-electron chi connectivity index (χ3n) is 1.44. The number of phosphoric ester groups is 1. The summed E-state index contributed by atoms with van der Waals surface area (Å²) in [5, 5.41) is 0. The van der Waals surface area contributed by atoms with Crippen LogP contribution in [0.4, 0.5) is 0 Å². The Morgan fingerprint density at radius 2 is 2.00 bits per heavy atom. The molecule has 0 radical (unpaired) electrons. The summed E-state index contributed by atoms with van der Waals surface area (Å²) in [7, 11) is -4.98. The molecule has 5 nitrogen and oxygen atoms in total. The van der Waals surface area contributed by atoms with Gasteiger partial charge in [0.25, 0.3) is 0 Å². The second-order valence-corrected chi connectivity index (χ2v) is 3.87. The van der Waals surface area contributed by atoms with Gasteiger partial charge in [-0.15, -0.1) is 0 Å². The van der Waals surface area contributed by atoms with E-state index in [1.807, 2.05) is 6.92 Å². The molecular weight excluding hydrogens is 195 g/mol. The molecule has 0 saturated heterocycles. The van der Waals surface area contributed by atoms with Gasteiger partial charge in [-0.25, -0.2) is 0 Å². The van der Waals surface area contributed by atoms with Gasteiger partial charge in [0.1, 0.15) is 6.61 Å². The van der Waals surface area contributed by atoms with E-state index in [-0.39, 0.29) is 12.2 Å². The maximum Gasteiger partial charge on any atom is 0.158 e. The van der Waals surface area contributed by atoms with E-state index < -0.39 is 14.4 Å². The molecule has 0 fully saturated rings. The van der Waals surface area contributed by atoms with E-state index in [9.17, 15) is 19.1 Å². The van der Waals surface area contributed by atoms with Crippen molar-refractivity contribution in [2.75, 3.05) is 6.61 Å². The van der Waals surface area contributed by atoms with Crippen LogP contribution in [0.1, 0.15) is 32.6 Å². The predicted octanol–water partition coefficient (Wildman–Crippen LogP) is -0.0189. The Labute approximate surface area is 77.3 Å². The van der Waals surface area contributed by atoms with E-state index in [0.717, 1.165) is 12.8 Å². The highest BCUT2D eigenvalue weighted by Crippen LogP contribution is 2.24. The van der Waals surface area contributed by atoms with Crippen molar-refractivity contribution in [2.45, 2.75) is 32.6 Å². The number of rotatable bonds is 7. The summed E-state index contributed by atoms with van der Waals surface area (Å²) in [6.07, 6.45) is 2.88. The van der Waals surface area contributed by atoms with Crippen molar-refractivity contribution in [3.8, 4) is 0 Å². The molecule has 13 heavy (non-hydrogen) atoms. The topological polar surface area (TPSA) is 89.5 Å². The van der Waals surface area contributed by atoms with E-state index in [4.69, 9.17) is 0 Å². The van der Waals surface area contributed by atoms with E-state index in [1.165, 1.54) is 0 Å². The monoisotopic (exact) mass is 208 g/mol. The average Bonchev–Trinajstić information content (AvgIpc) is 2.00. The molecule has 0 aromatic rings. The number of carbonyl (C=O) groups is 1. The highest BCUT2D eigenvalue weighted by molar-refractivity contribution is 7.43. The Hall–Kier alpha value is -0.220. The lowest BCUT2D eigenvalue weighted by molar-refractivity contribution is -0.341. The molecule has 0 saturated carbocycles. The van der Waals surface area contributed by atoms with Crippen molar-refractivity contribution >= 4 is 13.6 Å². The minimum atomic E-state index is -4.98. The van der Waals surface area contributed by atoms with Gasteiger partial charge in [0.15, 0.2) is 5.78 Å². The summed E-state index contributed by atoms with van der Waals surface area (Å²) in [5.74, 6) is -0.347. The van der Waals surface area contributed by atoms with Gasteiger partial charge in [0.05, 0.1) is 7.82 Å². The van der Waals surface area contributed by atoms with Crippen LogP contribution in [-0.4, -0.2) is 12.4 Å². The summed E-state index contributed by atoms with van der Waals surface area (Å²) < 4.78 is 13.8. The Morgan fingerprint density at radius 3 is 2.46 bits per heavy atom. The quantitative estimate of drug-likeness (QED) is 0.433. The normalized spacial score (nSPS) is 11.6. The fourth-order valence-corrected chi connectivity index (χ4v) is 1.10. The Bertz CT molecular complexity index is 197. The molecule has 0 heterocycles. The lowest BCUT2D eigenvalue weighted by atomic mass is 10.1. The van der Waals surface area contributed by atoms with E-state index >= 15 is 0 Å². The Kier molecular flexibility index (Phi) is 6.16. The molecule has 0 aromatic heterocycles. The number of hydrogen-bond acceptors (Lipinski definition) is 5. The summed E-state index contributed by atoms with van der Waals surface area (Å²) in [6, 6.07) is 0. The first-order valence-electron chi connectivity index (χ1n) is 4.14. The van der Waals surface area contributed by atoms with Crippen LogP contribution < -0.4 is 9.79 Å². The van der Waals surface area contributed by atoms with Gasteiger partial charge in [0, 0.05) is 6.42 Å². The molecule has 0 amide bonds. The van der Waals surface area contributed by atoms with Gasteiger partial charge in [-0.1, -0.05) is 19.8 Å². The Balaban J connectivity index is 3.47. The van der Waals surface area contributed by atoms with Crippen molar-refractivity contribution in [1.82, 2.24) is 0 Å². The van der Waals surface area contributed by atoms with Crippen molar-refractivity contribution in [1.29, 1.82) is 0 Å². The smallest absolute Gasteiger partial charge is 0.158 e. The van der Waals surface area contributed by atoms with E-state index in [1.54, 1.807) is 0 Å². The lowest BCUT2D eigenvalue weighted by Crippen LogP contribution is -2.19. The molecule has 0 aliphatic carbocycles. The second-order valence-electron chi connectivity index (χ2n) is 2.72. The molecule has 0 aliphatic heterocycles. The molecule has 0 bridgehead atoms. The number of ketones is 1. The standard InChI is InChI=1S/C7H15O5P/c1-2-3-4-5-7(8)6-12-13(9,10)11/h2-6H2,1H3,(H2,9,10,11)/p-2. The van der Waals surface area contributed by atoms with Crippen molar-refractivity contribution < 1.29 is 23.7 Å². The van der Waals surface area contributed by atoms with Crippen LogP contribution in [0, 0.1) is 0 Å². The fraction of sp³-hybridized carbons (Fsp3) is 0.857. The molecule has 0 N–H and O–H groups in total. The van der Waals surface area contributed by atoms with Crippen molar-refractivity contribution in [2.24, 2.45) is 0 Å². The van der Waals surface area contributed by atoms with Gasteiger partial charge >= 0.3 is 0 Å². The predicted molar refractivity (Wildman–Crippen MR) is 42.7 cm³/mol.